The average Bonchev–Trinajstić information content (AvgIpc) is 2.76. The lowest BCUT2D eigenvalue weighted by molar-refractivity contribution is -0.122. The Bertz CT molecular complexity index is 543. The van der Waals surface area contributed by atoms with E-state index >= 15 is 0 Å². The summed E-state index contributed by atoms with van der Waals surface area (Å²) in [5, 5.41) is 2.89. The van der Waals surface area contributed by atoms with Gasteiger partial charge in [-0.25, -0.2) is 4.98 Å². The normalized spacial score (nSPS) is 11.5. The van der Waals surface area contributed by atoms with Crippen LogP contribution in [0.25, 0.3) is 0 Å². The predicted octanol–water partition coefficient (Wildman–Crippen LogP) is 3.54. The minimum Gasteiger partial charge on any atom is -0.298 e. The Balaban J connectivity index is 2.18. The molecule has 2 rings (SSSR count). The molecule has 3 heteroatoms. The molecule has 0 atom stereocenters. The molecule has 1 heterocycles. The van der Waals surface area contributed by atoms with Crippen molar-refractivity contribution in [1.82, 2.24) is 4.98 Å². The summed E-state index contributed by atoms with van der Waals surface area (Å²) in [5.41, 5.74) is 1.59. The summed E-state index contributed by atoms with van der Waals surface area (Å²) in [4.78, 5) is 16.8. The third-order valence-electron chi connectivity index (χ3n) is 3.17. The van der Waals surface area contributed by atoms with Gasteiger partial charge >= 0.3 is 0 Å². The summed E-state index contributed by atoms with van der Waals surface area (Å²) in [5.74, 6) is 0.211. The van der Waals surface area contributed by atoms with Gasteiger partial charge < -0.3 is 0 Å². The van der Waals surface area contributed by atoms with Gasteiger partial charge in [0.25, 0.3) is 0 Å². The predicted molar refractivity (Wildman–Crippen MR) is 75.0 cm³/mol. The molecule has 2 aromatic rings. The summed E-state index contributed by atoms with van der Waals surface area (Å²) < 4.78 is 0. The Morgan fingerprint density at radius 2 is 1.94 bits per heavy atom. The second-order valence-corrected chi connectivity index (χ2v) is 5.92. The third-order valence-corrected chi connectivity index (χ3v) is 4.14. The highest BCUT2D eigenvalue weighted by atomic mass is 32.1. The van der Waals surface area contributed by atoms with Crippen molar-refractivity contribution in [3.05, 3.63) is 52.0 Å². The van der Waals surface area contributed by atoms with E-state index in [9.17, 15) is 4.79 Å². The van der Waals surface area contributed by atoms with Crippen LogP contribution in [0.1, 0.15) is 30.1 Å². The van der Waals surface area contributed by atoms with E-state index in [1.165, 1.54) is 0 Å². The minimum absolute atomic E-state index is 0.211. The molecule has 0 saturated carbocycles. The van der Waals surface area contributed by atoms with E-state index in [2.05, 4.69) is 4.98 Å². The van der Waals surface area contributed by atoms with Crippen molar-refractivity contribution in [2.75, 3.05) is 0 Å². The van der Waals surface area contributed by atoms with Crippen LogP contribution in [0.2, 0.25) is 0 Å². The molecule has 0 aliphatic heterocycles. The highest BCUT2D eigenvalue weighted by molar-refractivity contribution is 7.09. The molecule has 0 radical (unpaired) electrons. The minimum atomic E-state index is -0.458. The number of hydrogen-bond acceptors (Lipinski definition) is 3. The molecule has 0 bridgehead atoms. The topological polar surface area (TPSA) is 30.0 Å². The lowest BCUT2D eigenvalue weighted by Crippen LogP contribution is -2.30. The fourth-order valence-corrected chi connectivity index (χ4v) is 2.63. The van der Waals surface area contributed by atoms with Crippen LogP contribution in [0.4, 0.5) is 0 Å². The zero-order chi connectivity index (χ0) is 13.2. The maximum atomic E-state index is 12.4. The summed E-state index contributed by atoms with van der Waals surface area (Å²) in [6, 6.07) is 9.92. The van der Waals surface area contributed by atoms with E-state index in [1.54, 1.807) is 11.3 Å². The molecule has 0 unspecified atom stereocenters. The second-order valence-electron chi connectivity index (χ2n) is 4.97. The van der Waals surface area contributed by atoms with E-state index in [0.717, 1.165) is 16.3 Å². The van der Waals surface area contributed by atoms with Gasteiger partial charge in [0, 0.05) is 16.5 Å². The lowest BCUT2D eigenvalue weighted by Gasteiger charge is -2.23. The number of carbonyl (C=O) groups is 1. The first-order valence-electron chi connectivity index (χ1n) is 6.00. The van der Waals surface area contributed by atoms with Gasteiger partial charge in [0.15, 0.2) is 0 Å². The van der Waals surface area contributed by atoms with Crippen LogP contribution >= 0.6 is 11.3 Å². The maximum Gasteiger partial charge on any atom is 0.149 e. The molecule has 0 spiro atoms. The first-order chi connectivity index (χ1) is 8.50. The quantitative estimate of drug-likeness (QED) is 0.840. The number of Topliss-reactive ketones (excluding diaryl/α,β-unsaturated/α-hetero) is 1. The van der Waals surface area contributed by atoms with Crippen molar-refractivity contribution in [3.8, 4) is 0 Å². The monoisotopic (exact) mass is 259 g/mol. The molecule has 0 fully saturated rings. The number of nitrogens with zero attached hydrogens (tertiary/aromatic N) is 1. The van der Waals surface area contributed by atoms with Crippen LogP contribution in [-0.2, 0) is 16.6 Å². The number of carbonyl (C=O) groups excluding carboxylic acids is 1. The number of ketones is 1. The fourth-order valence-electron chi connectivity index (χ4n) is 1.86. The Hall–Kier alpha value is -1.48. The van der Waals surface area contributed by atoms with Gasteiger partial charge in [0.1, 0.15) is 10.8 Å². The summed E-state index contributed by atoms with van der Waals surface area (Å²) in [6.45, 7) is 5.91. The number of aromatic nitrogens is 1. The van der Waals surface area contributed by atoms with Crippen molar-refractivity contribution in [1.29, 1.82) is 0 Å². The second kappa shape index (κ2) is 5.02. The van der Waals surface area contributed by atoms with Crippen molar-refractivity contribution in [2.24, 2.45) is 0 Å². The molecule has 94 valence electrons. The zero-order valence-corrected chi connectivity index (χ0v) is 11.8. The Morgan fingerprint density at radius 3 is 2.50 bits per heavy atom. The summed E-state index contributed by atoms with van der Waals surface area (Å²) in [6.07, 6.45) is 0.417. The van der Waals surface area contributed by atoms with Crippen LogP contribution in [0.15, 0.2) is 35.7 Å². The number of rotatable bonds is 4. The van der Waals surface area contributed by atoms with Gasteiger partial charge in [-0.15, -0.1) is 11.3 Å². The van der Waals surface area contributed by atoms with Crippen molar-refractivity contribution in [2.45, 2.75) is 32.6 Å². The van der Waals surface area contributed by atoms with E-state index in [1.807, 2.05) is 56.5 Å². The number of thiazole rings is 1. The van der Waals surface area contributed by atoms with Gasteiger partial charge in [-0.3, -0.25) is 4.79 Å². The Morgan fingerprint density at radius 1 is 1.28 bits per heavy atom. The van der Waals surface area contributed by atoms with E-state index in [4.69, 9.17) is 0 Å². The first kappa shape index (κ1) is 13.0. The van der Waals surface area contributed by atoms with Crippen LogP contribution in [0.5, 0.6) is 0 Å². The molecule has 2 nitrogen and oxygen atoms in total. The first-order valence-corrected chi connectivity index (χ1v) is 6.88. The van der Waals surface area contributed by atoms with Gasteiger partial charge in [-0.05, 0) is 26.3 Å². The number of benzene rings is 1. The zero-order valence-electron chi connectivity index (χ0n) is 10.9. The summed E-state index contributed by atoms with van der Waals surface area (Å²) in [7, 11) is 0. The third kappa shape index (κ3) is 2.67. The van der Waals surface area contributed by atoms with Crippen molar-refractivity contribution >= 4 is 17.1 Å². The Labute approximate surface area is 112 Å². The largest absolute Gasteiger partial charge is 0.298 e. The molecule has 1 aromatic carbocycles. The van der Waals surface area contributed by atoms with Crippen LogP contribution in [-0.4, -0.2) is 10.8 Å². The molecular weight excluding hydrogens is 242 g/mol. The molecule has 0 amide bonds. The van der Waals surface area contributed by atoms with E-state index < -0.39 is 5.41 Å². The fraction of sp³-hybridized carbons (Fsp3) is 0.333. The molecule has 1 aromatic heterocycles. The van der Waals surface area contributed by atoms with Crippen LogP contribution in [0, 0.1) is 6.92 Å². The van der Waals surface area contributed by atoms with Crippen molar-refractivity contribution in [3.63, 3.8) is 0 Å². The number of aryl methyl sites for hydroxylation is 1. The summed E-state index contributed by atoms with van der Waals surface area (Å²) >= 11 is 1.56. The van der Waals surface area contributed by atoms with Gasteiger partial charge in [-0.1, -0.05) is 30.3 Å². The van der Waals surface area contributed by atoms with Crippen LogP contribution < -0.4 is 0 Å². The Kier molecular flexibility index (Phi) is 3.62. The molecule has 0 saturated heterocycles. The van der Waals surface area contributed by atoms with Crippen molar-refractivity contribution < 1.29 is 4.79 Å². The lowest BCUT2D eigenvalue weighted by atomic mass is 9.79. The molecule has 0 aliphatic carbocycles. The molecular formula is C15H17NOS. The molecule has 0 aliphatic rings. The maximum absolute atomic E-state index is 12.4. The van der Waals surface area contributed by atoms with Crippen LogP contribution in [0.3, 0.4) is 0 Å². The molecule has 0 N–H and O–H groups in total. The van der Waals surface area contributed by atoms with E-state index in [0.29, 0.717) is 6.42 Å². The van der Waals surface area contributed by atoms with Gasteiger partial charge in [0.05, 0.1) is 6.42 Å². The van der Waals surface area contributed by atoms with Gasteiger partial charge in [0.2, 0.25) is 0 Å². The highest BCUT2D eigenvalue weighted by Gasteiger charge is 2.29. The van der Waals surface area contributed by atoms with Gasteiger partial charge in [-0.2, -0.15) is 0 Å². The number of hydrogen-bond donors (Lipinski definition) is 0. The average molecular weight is 259 g/mol. The highest BCUT2D eigenvalue weighted by Crippen LogP contribution is 2.26. The molecule has 18 heavy (non-hydrogen) atoms. The standard InChI is InChI=1S/C15H17NOS/c1-11-10-18-14(16-11)9-13(17)15(2,3)12-7-5-4-6-8-12/h4-8,10H,9H2,1-3H3. The van der Waals surface area contributed by atoms with E-state index in [-0.39, 0.29) is 5.78 Å². The smallest absolute Gasteiger partial charge is 0.149 e. The SMILES string of the molecule is Cc1csc(CC(=O)C(C)(C)c2ccccc2)n1.